The number of hydrogen-bond donors (Lipinski definition) is 1. The zero-order valence-electron chi connectivity index (χ0n) is 17.0. The highest BCUT2D eigenvalue weighted by molar-refractivity contribution is 7.91. The molecule has 1 fully saturated rings. The van der Waals surface area contributed by atoms with E-state index in [-0.39, 0.29) is 27.6 Å². The van der Waals surface area contributed by atoms with Gasteiger partial charge < -0.3 is 14.8 Å². The summed E-state index contributed by atoms with van der Waals surface area (Å²) in [4.78, 5) is 36.9. The summed E-state index contributed by atoms with van der Waals surface area (Å²) in [5.41, 5.74) is 0.316. The van der Waals surface area contributed by atoms with Gasteiger partial charge >= 0.3 is 11.9 Å². The number of nitrogens with one attached hydrogen (secondary N) is 1. The van der Waals surface area contributed by atoms with Crippen LogP contribution in [0, 0.1) is 5.92 Å². The SMILES string of the molecule is COC(=O)c1ccc(C(=O)OC)c(NC(=O)C2CCCN(S(=O)(=O)c3cccs3)C2)c1. The molecular formula is C20H22N2O7S2. The highest BCUT2D eigenvalue weighted by Gasteiger charge is 2.34. The number of carbonyl (C=O) groups is 3. The first-order valence-electron chi connectivity index (χ1n) is 9.43. The normalized spacial score (nSPS) is 17.0. The molecule has 1 aliphatic rings. The Bertz CT molecular complexity index is 1080. The predicted octanol–water partition coefficient (Wildman–Crippen LogP) is 2.36. The van der Waals surface area contributed by atoms with Crippen molar-refractivity contribution in [1.29, 1.82) is 0 Å². The van der Waals surface area contributed by atoms with E-state index in [4.69, 9.17) is 4.74 Å². The van der Waals surface area contributed by atoms with Gasteiger partial charge in [-0.1, -0.05) is 6.07 Å². The van der Waals surface area contributed by atoms with Gasteiger partial charge in [0.05, 0.1) is 37.0 Å². The van der Waals surface area contributed by atoms with E-state index in [0.29, 0.717) is 19.4 Å². The first-order valence-corrected chi connectivity index (χ1v) is 11.7. The van der Waals surface area contributed by atoms with E-state index in [1.165, 1.54) is 42.8 Å². The maximum absolute atomic E-state index is 12.9. The molecule has 166 valence electrons. The second kappa shape index (κ2) is 9.58. The van der Waals surface area contributed by atoms with Crippen LogP contribution in [0.4, 0.5) is 5.69 Å². The Balaban J connectivity index is 1.82. The third kappa shape index (κ3) is 4.94. The van der Waals surface area contributed by atoms with Crippen LogP contribution >= 0.6 is 11.3 Å². The lowest BCUT2D eigenvalue weighted by Gasteiger charge is -2.31. The maximum Gasteiger partial charge on any atom is 0.339 e. The van der Waals surface area contributed by atoms with Gasteiger partial charge in [-0.3, -0.25) is 4.79 Å². The van der Waals surface area contributed by atoms with Gasteiger partial charge in [0.15, 0.2) is 0 Å². The number of ether oxygens (including phenoxy) is 2. The molecule has 1 aromatic heterocycles. The topological polar surface area (TPSA) is 119 Å². The van der Waals surface area contributed by atoms with Crippen molar-refractivity contribution in [3.63, 3.8) is 0 Å². The molecule has 0 radical (unpaired) electrons. The summed E-state index contributed by atoms with van der Waals surface area (Å²) in [7, 11) is -1.24. The quantitative estimate of drug-likeness (QED) is 0.649. The van der Waals surface area contributed by atoms with Crippen molar-refractivity contribution in [2.75, 3.05) is 32.6 Å². The summed E-state index contributed by atoms with van der Waals surface area (Å²) in [5.74, 6) is -2.37. The molecule has 1 amide bonds. The first-order chi connectivity index (χ1) is 14.8. The van der Waals surface area contributed by atoms with Crippen LogP contribution < -0.4 is 5.32 Å². The number of rotatable bonds is 6. The highest BCUT2D eigenvalue weighted by atomic mass is 32.2. The fraction of sp³-hybridized carbons (Fsp3) is 0.350. The van der Waals surface area contributed by atoms with Crippen LogP contribution in [0.3, 0.4) is 0 Å². The third-order valence-electron chi connectivity index (χ3n) is 4.95. The Labute approximate surface area is 184 Å². The molecular weight excluding hydrogens is 444 g/mol. The van der Waals surface area contributed by atoms with Crippen molar-refractivity contribution in [2.45, 2.75) is 17.1 Å². The third-order valence-corrected chi connectivity index (χ3v) is 8.19. The Morgan fingerprint density at radius 2 is 1.87 bits per heavy atom. The first kappa shape index (κ1) is 22.9. The van der Waals surface area contributed by atoms with Crippen molar-refractivity contribution >= 4 is 44.9 Å². The molecule has 1 aliphatic heterocycles. The lowest BCUT2D eigenvalue weighted by Crippen LogP contribution is -2.43. The molecule has 31 heavy (non-hydrogen) atoms. The standard InChI is InChI=1S/C20H22N2O7S2/c1-28-19(24)13-7-8-15(20(25)29-2)16(11-13)21-18(23)14-5-3-9-22(12-14)31(26,27)17-6-4-10-30-17/h4,6-8,10-11,14H,3,5,9,12H2,1-2H3,(H,21,23). The van der Waals surface area contributed by atoms with E-state index in [1.807, 2.05) is 0 Å². The lowest BCUT2D eigenvalue weighted by atomic mass is 9.98. The number of anilines is 1. The highest BCUT2D eigenvalue weighted by Crippen LogP contribution is 2.28. The number of hydrogen-bond acceptors (Lipinski definition) is 8. The van der Waals surface area contributed by atoms with Gasteiger partial charge in [0, 0.05) is 13.1 Å². The minimum atomic E-state index is -3.67. The molecule has 3 rings (SSSR count). The molecule has 0 spiro atoms. The number of benzene rings is 1. The maximum atomic E-state index is 12.9. The summed E-state index contributed by atoms with van der Waals surface area (Å²) >= 11 is 1.12. The van der Waals surface area contributed by atoms with Gasteiger partial charge in [-0.05, 0) is 42.5 Å². The fourth-order valence-corrected chi connectivity index (χ4v) is 6.00. The van der Waals surface area contributed by atoms with Crippen LogP contribution in [-0.2, 0) is 24.3 Å². The molecule has 1 aromatic carbocycles. The van der Waals surface area contributed by atoms with E-state index in [9.17, 15) is 22.8 Å². The molecule has 11 heteroatoms. The van der Waals surface area contributed by atoms with Crippen LogP contribution in [0.15, 0.2) is 39.9 Å². The van der Waals surface area contributed by atoms with E-state index in [1.54, 1.807) is 11.4 Å². The van der Waals surface area contributed by atoms with Crippen molar-refractivity contribution in [1.82, 2.24) is 4.31 Å². The number of thiophene rings is 1. The number of piperidine rings is 1. The minimum Gasteiger partial charge on any atom is -0.465 e. The van der Waals surface area contributed by atoms with Crippen molar-refractivity contribution in [2.24, 2.45) is 5.92 Å². The Hall–Kier alpha value is -2.76. The van der Waals surface area contributed by atoms with Gasteiger partial charge in [0.2, 0.25) is 5.91 Å². The smallest absolute Gasteiger partial charge is 0.339 e. The van der Waals surface area contributed by atoms with Crippen LogP contribution in [0.2, 0.25) is 0 Å². The van der Waals surface area contributed by atoms with Crippen LogP contribution in [0.25, 0.3) is 0 Å². The van der Waals surface area contributed by atoms with Crippen molar-refractivity contribution < 1.29 is 32.3 Å². The molecule has 0 aliphatic carbocycles. The Kier molecular flexibility index (Phi) is 7.08. The second-order valence-corrected chi connectivity index (χ2v) is 9.98. The molecule has 1 unspecified atom stereocenters. The summed E-state index contributed by atoms with van der Waals surface area (Å²) in [6, 6.07) is 7.28. The molecule has 0 bridgehead atoms. The van der Waals surface area contributed by atoms with E-state index in [0.717, 1.165) is 11.3 Å². The molecule has 2 aromatic rings. The van der Waals surface area contributed by atoms with Gasteiger partial charge in [-0.25, -0.2) is 18.0 Å². The van der Waals surface area contributed by atoms with Gasteiger partial charge in [0.1, 0.15) is 4.21 Å². The van der Waals surface area contributed by atoms with E-state index < -0.39 is 33.8 Å². The number of methoxy groups -OCH3 is 2. The van der Waals surface area contributed by atoms with Crippen molar-refractivity contribution in [3.05, 3.63) is 46.8 Å². The second-order valence-electron chi connectivity index (χ2n) is 6.87. The van der Waals surface area contributed by atoms with Crippen molar-refractivity contribution in [3.8, 4) is 0 Å². The monoisotopic (exact) mass is 466 g/mol. The zero-order valence-corrected chi connectivity index (χ0v) is 18.6. The number of sulfonamides is 1. The van der Waals surface area contributed by atoms with Crippen LogP contribution in [-0.4, -0.2) is 57.9 Å². The minimum absolute atomic E-state index is 0.0241. The number of carbonyl (C=O) groups excluding carboxylic acids is 3. The van der Waals surface area contributed by atoms with Crippen LogP contribution in [0.1, 0.15) is 33.6 Å². The Morgan fingerprint density at radius 3 is 2.52 bits per heavy atom. The summed E-state index contributed by atoms with van der Waals surface area (Å²) in [6.07, 6.45) is 1.02. The van der Waals surface area contributed by atoms with Gasteiger partial charge in [-0.15, -0.1) is 11.3 Å². The molecule has 1 atom stereocenters. The number of nitrogens with zero attached hydrogens (tertiary/aromatic N) is 1. The van der Waals surface area contributed by atoms with Gasteiger partial charge in [0.25, 0.3) is 10.0 Å². The van der Waals surface area contributed by atoms with Crippen LogP contribution in [0.5, 0.6) is 0 Å². The van der Waals surface area contributed by atoms with E-state index in [2.05, 4.69) is 10.1 Å². The average Bonchev–Trinajstić information content (AvgIpc) is 3.34. The molecule has 1 saturated heterocycles. The summed E-state index contributed by atoms with van der Waals surface area (Å²) in [5, 5.41) is 4.34. The largest absolute Gasteiger partial charge is 0.465 e. The average molecular weight is 467 g/mol. The molecule has 9 nitrogen and oxygen atoms in total. The number of esters is 2. The molecule has 0 saturated carbocycles. The lowest BCUT2D eigenvalue weighted by molar-refractivity contribution is -0.120. The zero-order chi connectivity index (χ0) is 22.6. The number of amides is 1. The van der Waals surface area contributed by atoms with Gasteiger partial charge in [-0.2, -0.15) is 4.31 Å². The van der Waals surface area contributed by atoms with E-state index >= 15 is 0 Å². The Morgan fingerprint density at radius 1 is 1.13 bits per heavy atom. The molecule has 2 heterocycles. The predicted molar refractivity (Wildman–Crippen MR) is 114 cm³/mol. The fourth-order valence-electron chi connectivity index (χ4n) is 3.33. The summed E-state index contributed by atoms with van der Waals surface area (Å²) in [6.45, 7) is 0.353. The molecule has 1 N–H and O–H groups in total. The summed E-state index contributed by atoms with van der Waals surface area (Å²) < 4.78 is 36.6.